The third kappa shape index (κ3) is 3.99. The van der Waals surface area contributed by atoms with E-state index in [1.54, 1.807) is 0 Å². The van der Waals surface area contributed by atoms with Crippen LogP contribution in [0.3, 0.4) is 0 Å². The molecule has 4 heteroatoms. The number of rotatable bonds is 3. The maximum atomic E-state index is 6.15. The van der Waals surface area contributed by atoms with Crippen molar-refractivity contribution in [3.05, 3.63) is 164 Å². The number of aromatic nitrogens is 2. The summed E-state index contributed by atoms with van der Waals surface area (Å²) in [4.78, 5) is 12.8. The third-order valence-electron chi connectivity index (χ3n) is 10.1. The molecule has 1 aliphatic rings. The summed E-state index contributed by atoms with van der Waals surface area (Å²) in [6.07, 6.45) is 0. The van der Waals surface area contributed by atoms with Crippen molar-refractivity contribution in [2.24, 2.45) is 0 Å². The van der Waals surface area contributed by atoms with Gasteiger partial charge in [-0.1, -0.05) is 97.1 Å². The van der Waals surface area contributed by atoms with Crippen molar-refractivity contribution >= 4 is 71.6 Å². The minimum absolute atomic E-state index is 0.845. The molecular formula is C46H27N3O. The zero-order valence-corrected chi connectivity index (χ0v) is 26.8. The van der Waals surface area contributed by atoms with Gasteiger partial charge in [-0.25, -0.2) is 9.97 Å². The fourth-order valence-electron chi connectivity index (χ4n) is 7.81. The molecule has 0 spiro atoms. The Kier molecular flexibility index (Phi) is 5.63. The molecule has 0 aliphatic carbocycles. The maximum absolute atomic E-state index is 6.15. The number of benzene rings is 8. The van der Waals surface area contributed by atoms with E-state index in [1.807, 2.05) is 42.5 Å². The molecule has 2 aromatic heterocycles. The lowest BCUT2D eigenvalue weighted by molar-refractivity contribution is 0.669. The number of anilines is 3. The molecule has 11 rings (SSSR count). The minimum Gasteiger partial charge on any atom is -0.456 e. The predicted octanol–water partition coefficient (Wildman–Crippen LogP) is 12.6. The van der Waals surface area contributed by atoms with Gasteiger partial charge in [0.2, 0.25) is 0 Å². The third-order valence-corrected chi connectivity index (χ3v) is 10.1. The second-order valence-electron chi connectivity index (χ2n) is 13.0. The molecule has 0 N–H and O–H groups in total. The zero-order chi connectivity index (χ0) is 32.8. The Labute approximate surface area is 287 Å². The molecule has 0 fully saturated rings. The Hall–Kier alpha value is -6.78. The van der Waals surface area contributed by atoms with Gasteiger partial charge in [-0.2, -0.15) is 0 Å². The normalized spacial score (nSPS) is 12.4. The highest BCUT2D eigenvalue weighted by atomic mass is 16.3. The molecule has 8 aromatic carbocycles. The molecule has 50 heavy (non-hydrogen) atoms. The Morgan fingerprint density at radius 2 is 1.06 bits per heavy atom. The summed E-state index contributed by atoms with van der Waals surface area (Å²) in [5.41, 5.74) is 13.1. The van der Waals surface area contributed by atoms with E-state index in [2.05, 4.69) is 126 Å². The average molecular weight is 638 g/mol. The van der Waals surface area contributed by atoms with Crippen molar-refractivity contribution in [3.8, 4) is 33.6 Å². The van der Waals surface area contributed by atoms with Gasteiger partial charge in [0.15, 0.2) is 0 Å². The Morgan fingerprint density at radius 1 is 0.420 bits per heavy atom. The highest BCUT2D eigenvalue weighted by Gasteiger charge is 2.26. The summed E-state index contributed by atoms with van der Waals surface area (Å²) in [6, 6.07) is 57.9. The first-order valence-corrected chi connectivity index (χ1v) is 16.9. The smallest absolute Gasteiger partial charge is 0.135 e. The number of hydrogen-bond acceptors (Lipinski definition) is 4. The van der Waals surface area contributed by atoms with Crippen LogP contribution < -0.4 is 4.90 Å². The Bertz CT molecular complexity index is 2990. The number of nitrogens with zero attached hydrogens (tertiary/aromatic N) is 3. The van der Waals surface area contributed by atoms with E-state index in [9.17, 15) is 0 Å². The van der Waals surface area contributed by atoms with E-state index in [1.165, 1.54) is 44.0 Å². The van der Waals surface area contributed by atoms with E-state index < -0.39 is 0 Å². The first kappa shape index (κ1) is 27.2. The van der Waals surface area contributed by atoms with Crippen LogP contribution in [0.25, 0.3) is 88.2 Å². The lowest BCUT2D eigenvalue weighted by Crippen LogP contribution is -2.15. The number of para-hydroxylation sites is 3. The van der Waals surface area contributed by atoms with E-state index in [-0.39, 0.29) is 0 Å². The van der Waals surface area contributed by atoms with E-state index in [4.69, 9.17) is 14.4 Å². The molecular weight excluding hydrogens is 611 g/mol. The maximum Gasteiger partial charge on any atom is 0.135 e. The van der Waals surface area contributed by atoms with Gasteiger partial charge in [0.05, 0.1) is 33.8 Å². The monoisotopic (exact) mass is 637 g/mol. The van der Waals surface area contributed by atoms with Crippen LogP contribution >= 0.6 is 0 Å². The summed E-state index contributed by atoms with van der Waals surface area (Å²) in [6.45, 7) is 0. The zero-order valence-electron chi connectivity index (χ0n) is 26.8. The van der Waals surface area contributed by atoms with Crippen LogP contribution in [-0.4, -0.2) is 9.97 Å². The lowest BCUT2D eigenvalue weighted by atomic mass is 9.89. The van der Waals surface area contributed by atoms with Crippen LogP contribution in [0.2, 0.25) is 0 Å². The molecule has 0 atom stereocenters. The second kappa shape index (κ2) is 10.4. The van der Waals surface area contributed by atoms with Crippen molar-refractivity contribution in [1.29, 1.82) is 0 Å². The number of fused-ring (bicyclic) bond motifs is 7. The van der Waals surface area contributed by atoms with Crippen LogP contribution in [0.5, 0.6) is 0 Å². The van der Waals surface area contributed by atoms with Crippen LogP contribution in [0.15, 0.2) is 168 Å². The van der Waals surface area contributed by atoms with Gasteiger partial charge >= 0.3 is 0 Å². The largest absolute Gasteiger partial charge is 0.456 e. The topological polar surface area (TPSA) is 42.2 Å². The fourth-order valence-corrected chi connectivity index (χ4v) is 7.81. The van der Waals surface area contributed by atoms with Crippen molar-refractivity contribution < 1.29 is 4.42 Å². The van der Waals surface area contributed by atoms with Gasteiger partial charge in [-0.05, 0) is 88.5 Å². The van der Waals surface area contributed by atoms with Crippen molar-refractivity contribution in [3.63, 3.8) is 0 Å². The minimum atomic E-state index is 0.845. The predicted molar refractivity (Wildman–Crippen MR) is 206 cm³/mol. The van der Waals surface area contributed by atoms with Gasteiger partial charge in [0, 0.05) is 38.5 Å². The lowest BCUT2D eigenvalue weighted by Gasteiger charge is -2.34. The van der Waals surface area contributed by atoms with E-state index >= 15 is 0 Å². The van der Waals surface area contributed by atoms with Crippen LogP contribution in [-0.2, 0) is 0 Å². The van der Waals surface area contributed by atoms with Crippen LogP contribution in [0.1, 0.15) is 0 Å². The number of hydrogen-bond donors (Lipinski definition) is 0. The molecule has 4 nitrogen and oxygen atoms in total. The van der Waals surface area contributed by atoms with Gasteiger partial charge < -0.3 is 9.32 Å². The first-order chi connectivity index (χ1) is 24.8. The standard InChI is InChI=1S/C46H27N3O/c1-2-10-31-27-41-36(25-30(31)9-1)35-14-7-11-28-12-8-17-40(44(28)35)49(41)33-22-19-29(20-23-33)45-46(48-39-16-5-4-15-38(39)47-45)32-21-24-43-37(26-32)34-13-3-6-18-42(34)50-43/h1-27H. The molecule has 0 radical (unpaired) electrons. The summed E-state index contributed by atoms with van der Waals surface area (Å²) in [7, 11) is 0. The molecule has 232 valence electrons. The van der Waals surface area contributed by atoms with Gasteiger partial charge in [-0.3, -0.25) is 0 Å². The molecule has 1 aliphatic heterocycles. The second-order valence-corrected chi connectivity index (χ2v) is 13.0. The van der Waals surface area contributed by atoms with Crippen molar-refractivity contribution in [1.82, 2.24) is 9.97 Å². The molecule has 10 aromatic rings. The summed E-state index contributed by atoms with van der Waals surface area (Å²) in [5, 5.41) is 7.13. The summed E-state index contributed by atoms with van der Waals surface area (Å²) < 4.78 is 6.15. The quantitative estimate of drug-likeness (QED) is 0.193. The van der Waals surface area contributed by atoms with Gasteiger partial charge in [0.25, 0.3) is 0 Å². The van der Waals surface area contributed by atoms with E-state index in [0.717, 1.165) is 61.2 Å². The highest BCUT2D eigenvalue weighted by Crippen LogP contribution is 2.52. The average Bonchev–Trinajstić information content (AvgIpc) is 3.55. The molecule has 0 saturated carbocycles. The fraction of sp³-hybridized carbons (Fsp3) is 0. The van der Waals surface area contributed by atoms with Crippen molar-refractivity contribution in [2.75, 3.05) is 4.90 Å². The SMILES string of the molecule is c1ccc2cc3c(cc2c1)-c1cccc2cccc(c12)N3c1ccc(-c2nc3ccccc3nc2-c2ccc3oc4ccccc4c3c2)cc1. The molecule has 3 heterocycles. The molecule has 0 amide bonds. The number of furan rings is 1. The molecule has 0 unspecified atom stereocenters. The van der Waals surface area contributed by atoms with Gasteiger partial charge in [0.1, 0.15) is 11.2 Å². The van der Waals surface area contributed by atoms with Crippen LogP contribution in [0.4, 0.5) is 17.1 Å². The Morgan fingerprint density at radius 3 is 1.88 bits per heavy atom. The van der Waals surface area contributed by atoms with Gasteiger partial charge in [-0.15, -0.1) is 0 Å². The molecule has 0 bridgehead atoms. The summed E-state index contributed by atoms with van der Waals surface area (Å²) >= 11 is 0. The highest BCUT2D eigenvalue weighted by molar-refractivity contribution is 6.15. The van der Waals surface area contributed by atoms with Crippen molar-refractivity contribution in [2.45, 2.75) is 0 Å². The Balaban J connectivity index is 1.10. The molecule has 0 saturated heterocycles. The first-order valence-electron chi connectivity index (χ1n) is 16.9. The van der Waals surface area contributed by atoms with Crippen LogP contribution in [0, 0.1) is 0 Å². The van der Waals surface area contributed by atoms with E-state index in [0.29, 0.717) is 0 Å². The summed E-state index contributed by atoms with van der Waals surface area (Å²) in [5.74, 6) is 0.